The van der Waals surface area contributed by atoms with Crippen molar-refractivity contribution in [2.45, 2.75) is 11.9 Å². The van der Waals surface area contributed by atoms with E-state index >= 15 is 0 Å². The highest BCUT2D eigenvalue weighted by Crippen LogP contribution is 2.18. The molecule has 1 aromatic carbocycles. The molecular formula is C13H14ClN3. The minimum atomic E-state index is -0.0279. The van der Waals surface area contributed by atoms with Crippen LogP contribution in [-0.4, -0.2) is 16.5 Å². The van der Waals surface area contributed by atoms with Crippen LogP contribution in [-0.2, 0) is 6.54 Å². The second-order valence-corrected chi connectivity index (χ2v) is 4.20. The lowest BCUT2D eigenvalue weighted by Gasteiger charge is -2.10. The number of hydrogen-bond donors (Lipinski definition) is 1. The molecule has 0 radical (unpaired) electrons. The van der Waals surface area contributed by atoms with Crippen LogP contribution in [0.4, 0.5) is 0 Å². The zero-order chi connectivity index (χ0) is 11.9. The molecule has 1 N–H and O–H groups in total. The average molecular weight is 248 g/mol. The number of rotatable bonds is 5. The van der Waals surface area contributed by atoms with Crippen molar-refractivity contribution in [1.82, 2.24) is 15.3 Å². The summed E-state index contributed by atoms with van der Waals surface area (Å²) in [5.41, 5.74) is 1.12. The third-order valence-electron chi connectivity index (χ3n) is 2.39. The van der Waals surface area contributed by atoms with E-state index in [0.717, 1.165) is 11.4 Å². The van der Waals surface area contributed by atoms with Gasteiger partial charge in [-0.3, -0.25) is 0 Å². The minimum Gasteiger partial charge on any atom is -0.308 e. The van der Waals surface area contributed by atoms with Crippen LogP contribution in [0.15, 0.2) is 48.8 Å². The molecule has 1 atom stereocenters. The molecule has 0 saturated heterocycles. The molecule has 2 aromatic rings. The lowest BCUT2D eigenvalue weighted by atomic mass is 10.1. The van der Waals surface area contributed by atoms with Crippen molar-refractivity contribution in [3.05, 3.63) is 60.2 Å². The van der Waals surface area contributed by atoms with Gasteiger partial charge in [0.15, 0.2) is 0 Å². The summed E-state index contributed by atoms with van der Waals surface area (Å²) in [5, 5.41) is 3.22. The molecule has 88 valence electrons. The maximum Gasteiger partial charge on any atom is 0.141 e. The minimum absolute atomic E-state index is 0.0279. The highest BCUT2D eigenvalue weighted by Gasteiger charge is 2.06. The third-order valence-corrected chi connectivity index (χ3v) is 2.79. The number of alkyl halides is 1. The van der Waals surface area contributed by atoms with Gasteiger partial charge < -0.3 is 5.32 Å². The molecule has 3 nitrogen and oxygen atoms in total. The first-order valence-corrected chi connectivity index (χ1v) is 5.95. The van der Waals surface area contributed by atoms with Crippen molar-refractivity contribution in [1.29, 1.82) is 0 Å². The van der Waals surface area contributed by atoms with Crippen molar-refractivity contribution in [2.75, 3.05) is 6.54 Å². The molecule has 0 saturated carbocycles. The SMILES string of the molecule is ClC(CNCc1ncccn1)c1ccccc1. The van der Waals surface area contributed by atoms with Crippen LogP contribution in [0, 0.1) is 0 Å². The van der Waals surface area contributed by atoms with Crippen molar-refractivity contribution >= 4 is 11.6 Å². The lowest BCUT2D eigenvalue weighted by Crippen LogP contribution is -2.19. The Kier molecular flexibility index (Phi) is 4.47. The van der Waals surface area contributed by atoms with Crippen LogP contribution in [0.3, 0.4) is 0 Å². The summed E-state index contributed by atoms with van der Waals surface area (Å²) in [6, 6.07) is 11.8. The summed E-state index contributed by atoms with van der Waals surface area (Å²) in [5.74, 6) is 0.782. The summed E-state index contributed by atoms with van der Waals surface area (Å²) in [4.78, 5) is 8.26. The molecule has 0 bridgehead atoms. The quantitative estimate of drug-likeness (QED) is 0.826. The zero-order valence-electron chi connectivity index (χ0n) is 9.38. The summed E-state index contributed by atoms with van der Waals surface area (Å²) in [7, 11) is 0. The third kappa shape index (κ3) is 3.80. The van der Waals surface area contributed by atoms with Crippen LogP contribution in [0.25, 0.3) is 0 Å². The normalized spacial score (nSPS) is 12.3. The second kappa shape index (κ2) is 6.33. The maximum atomic E-state index is 6.27. The number of nitrogens with one attached hydrogen (secondary N) is 1. The molecule has 1 unspecified atom stereocenters. The van der Waals surface area contributed by atoms with Gasteiger partial charge in [-0.2, -0.15) is 0 Å². The van der Waals surface area contributed by atoms with Crippen LogP contribution < -0.4 is 5.32 Å². The smallest absolute Gasteiger partial charge is 0.141 e. The van der Waals surface area contributed by atoms with E-state index < -0.39 is 0 Å². The highest BCUT2D eigenvalue weighted by molar-refractivity contribution is 6.21. The first kappa shape index (κ1) is 12.0. The van der Waals surface area contributed by atoms with E-state index in [0.29, 0.717) is 13.1 Å². The number of benzene rings is 1. The Morgan fingerprint density at radius 3 is 2.47 bits per heavy atom. The molecule has 2 rings (SSSR count). The van der Waals surface area contributed by atoms with Crippen LogP contribution in [0.2, 0.25) is 0 Å². The number of halogens is 1. The molecule has 0 aliphatic rings. The van der Waals surface area contributed by atoms with Crippen molar-refractivity contribution in [3.8, 4) is 0 Å². The molecule has 0 spiro atoms. The van der Waals surface area contributed by atoms with E-state index in [9.17, 15) is 0 Å². The van der Waals surface area contributed by atoms with E-state index in [2.05, 4.69) is 15.3 Å². The Labute approximate surface area is 106 Å². The molecule has 1 heterocycles. The molecule has 4 heteroatoms. The highest BCUT2D eigenvalue weighted by atomic mass is 35.5. The Balaban J connectivity index is 1.79. The van der Waals surface area contributed by atoms with Gasteiger partial charge in [0.2, 0.25) is 0 Å². The summed E-state index contributed by atoms with van der Waals surface area (Å²) < 4.78 is 0. The van der Waals surface area contributed by atoms with Crippen LogP contribution in [0.1, 0.15) is 16.8 Å². The van der Waals surface area contributed by atoms with Gasteiger partial charge in [-0.25, -0.2) is 9.97 Å². The van der Waals surface area contributed by atoms with Gasteiger partial charge in [0, 0.05) is 18.9 Å². The molecule has 1 aromatic heterocycles. The van der Waals surface area contributed by atoms with Gasteiger partial charge in [0.05, 0.1) is 11.9 Å². The molecular weight excluding hydrogens is 234 g/mol. The van der Waals surface area contributed by atoms with Gasteiger partial charge in [0.25, 0.3) is 0 Å². The van der Waals surface area contributed by atoms with E-state index in [-0.39, 0.29) is 5.38 Å². The Hall–Kier alpha value is -1.45. The maximum absolute atomic E-state index is 6.27. The molecule has 17 heavy (non-hydrogen) atoms. The van der Waals surface area contributed by atoms with Gasteiger partial charge in [-0.1, -0.05) is 30.3 Å². The molecule has 0 amide bonds. The number of hydrogen-bond acceptors (Lipinski definition) is 3. The Morgan fingerprint density at radius 2 is 1.76 bits per heavy atom. The predicted molar refractivity (Wildman–Crippen MR) is 68.8 cm³/mol. The van der Waals surface area contributed by atoms with E-state index in [1.807, 2.05) is 30.3 Å². The molecule has 0 aliphatic heterocycles. The summed E-state index contributed by atoms with van der Waals surface area (Å²) in [6.07, 6.45) is 3.47. The molecule has 0 aliphatic carbocycles. The van der Waals surface area contributed by atoms with Crippen molar-refractivity contribution < 1.29 is 0 Å². The topological polar surface area (TPSA) is 37.8 Å². The largest absolute Gasteiger partial charge is 0.308 e. The first-order valence-electron chi connectivity index (χ1n) is 5.52. The Bertz CT molecular complexity index is 433. The van der Waals surface area contributed by atoms with Crippen LogP contribution in [0.5, 0.6) is 0 Å². The fourth-order valence-corrected chi connectivity index (χ4v) is 1.77. The van der Waals surface area contributed by atoms with Crippen LogP contribution >= 0.6 is 11.6 Å². The van der Waals surface area contributed by atoms with Gasteiger partial charge >= 0.3 is 0 Å². The number of nitrogens with zero attached hydrogens (tertiary/aromatic N) is 2. The van der Waals surface area contributed by atoms with Crippen molar-refractivity contribution in [2.24, 2.45) is 0 Å². The standard InChI is InChI=1S/C13H14ClN3/c14-12(11-5-2-1-3-6-11)9-15-10-13-16-7-4-8-17-13/h1-8,12,15H,9-10H2. The lowest BCUT2D eigenvalue weighted by molar-refractivity contribution is 0.649. The fraction of sp³-hybridized carbons (Fsp3) is 0.231. The van der Waals surface area contributed by atoms with Gasteiger partial charge in [-0.05, 0) is 11.6 Å². The summed E-state index contributed by atoms with van der Waals surface area (Å²) >= 11 is 6.27. The first-order chi connectivity index (χ1) is 8.36. The van der Waals surface area contributed by atoms with E-state index in [1.165, 1.54) is 0 Å². The monoisotopic (exact) mass is 247 g/mol. The second-order valence-electron chi connectivity index (χ2n) is 3.67. The zero-order valence-corrected chi connectivity index (χ0v) is 10.1. The van der Waals surface area contributed by atoms with Gasteiger partial charge in [0.1, 0.15) is 5.82 Å². The fourth-order valence-electron chi connectivity index (χ4n) is 1.51. The van der Waals surface area contributed by atoms with E-state index in [1.54, 1.807) is 18.5 Å². The summed E-state index contributed by atoms with van der Waals surface area (Å²) in [6.45, 7) is 1.33. The van der Waals surface area contributed by atoms with Crippen molar-refractivity contribution in [3.63, 3.8) is 0 Å². The Morgan fingerprint density at radius 1 is 1.06 bits per heavy atom. The predicted octanol–water partition coefficient (Wildman–Crippen LogP) is 2.55. The average Bonchev–Trinajstić information content (AvgIpc) is 2.41. The van der Waals surface area contributed by atoms with E-state index in [4.69, 9.17) is 11.6 Å². The molecule has 0 fully saturated rings. The van der Waals surface area contributed by atoms with Gasteiger partial charge in [-0.15, -0.1) is 11.6 Å². The number of aromatic nitrogens is 2.